The van der Waals surface area contributed by atoms with E-state index in [1.807, 2.05) is 43.3 Å². The van der Waals surface area contributed by atoms with Crippen LogP contribution in [0, 0.1) is 6.92 Å². The molecule has 3 rings (SSSR count). The van der Waals surface area contributed by atoms with E-state index in [0.29, 0.717) is 24.4 Å². The summed E-state index contributed by atoms with van der Waals surface area (Å²) in [5.74, 6) is 1.26. The maximum Gasteiger partial charge on any atom is 0.252 e. The first-order valence-electron chi connectivity index (χ1n) is 7.40. The van der Waals surface area contributed by atoms with Gasteiger partial charge in [0.15, 0.2) is 5.82 Å². The van der Waals surface area contributed by atoms with Crippen LogP contribution in [0.1, 0.15) is 21.9 Å². The zero-order valence-electron chi connectivity index (χ0n) is 12.8. The fraction of sp³-hybridized carbons (Fsp3) is 0.176. The number of pyridine rings is 1. The maximum absolute atomic E-state index is 12.0. The summed E-state index contributed by atoms with van der Waals surface area (Å²) < 4.78 is 0. The summed E-state index contributed by atoms with van der Waals surface area (Å²) in [5.41, 5.74) is 2.40. The first-order chi connectivity index (χ1) is 11.2. The van der Waals surface area contributed by atoms with Crippen molar-refractivity contribution in [2.75, 3.05) is 6.54 Å². The number of rotatable bonds is 5. The Morgan fingerprint density at radius 3 is 2.74 bits per heavy atom. The summed E-state index contributed by atoms with van der Waals surface area (Å²) in [6, 6.07) is 13.3. The van der Waals surface area contributed by atoms with E-state index in [0.717, 1.165) is 17.1 Å². The van der Waals surface area contributed by atoms with E-state index in [4.69, 9.17) is 0 Å². The fourth-order valence-electron chi connectivity index (χ4n) is 2.12. The molecule has 0 aliphatic carbocycles. The minimum absolute atomic E-state index is 0.139. The Kier molecular flexibility index (Phi) is 4.42. The molecule has 0 radical (unpaired) electrons. The molecule has 2 N–H and O–H groups in total. The van der Waals surface area contributed by atoms with Crippen LogP contribution in [-0.2, 0) is 6.42 Å². The Bertz CT molecular complexity index is 780. The molecule has 116 valence electrons. The van der Waals surface area contributed by atoms with Gasteiger partial charge in [0.1, 0.15) is 5.82 Å². The Hall–Kier alpha value is -3.02. The number of amides is 1. The number of carbonyl (C=O) groups is 1. The lowest BCUT2D eigenvalue weighted by Gasteiger charge is -2.03. The van der Waals surface area contributed by atoms with E-state index >= 15 is 0 Å². The molecule has 23 heavy (non-hydrogen) atoms. The second kappa shape index (κ2) is 6.83. The SMILES string of the molecule is Cc1ccc(C(=O)NCCc2nc(-c3ccccc3)n[nH]2)cn1. The third kappa shape index (κ3) is 3.79. The number of benzene rings is 1. The second-order valence-electron chi connectivity index (χ2n) is 5.17. The number of hydrogen-bond donors (Lipinski definition) is 2. The molecule has 6 heteroatoms. The number of aryl methyl sites for hydroxylation is 1. The zero-order valence-corrected chi connectivity index (χ0v) is 12.8. The summed E-state index contributed by atoms with van der Waals surface area (Å²) in [5, 5.41) is 9.94. The van der Waals surface area contributed by atoms with Gasteiger partial charge in [0.05, 0.1) is 5.56 Å². The van der Waals surface area contributed by atoms with Crippen LogP contribution < -0.4 is 5.32 Å². The monoisotopic (exact) mass is 307 g/mol. The van der Waals surface area contributed by atoms with Crippen LogP contribution in [0.15, 0.2) is 48.7 Å². The molecule has 2 heterocycles. The molecule has 6 nitrogen and oxygen atoms in total. The number of aromatic amines is 1. The van der Waals surface area contributed by atoms with E-state index in [1.165, 1.54) is 0 Å². The summed E-state index contributed by atoms with van der Waals surface area (Å²) in [6.07, 6.45) is 2.16. The van der Waals surface area contributed by atoms with Gasteiger partial charge in [-0.1, -0.05) is 30.3 Å². The van der Waals surface area contributed by atoms with Crippen molar-refractivity contribution in [2.45, 2.75) is 13.3 Å². The van der Waals surface area contributed by atoms with Crippen molar-refractivity contribution >= 4 is 5.91 Å². The molecule has 1 amide bonds. The fourth-order valence-corrected chi connectivity index (χ4v) is 2.12. The Morgan fingerprint density at radius 1 is 1.17 bits per heavy atom. The van der Waals surface area contributed by atoms with Crippen LogP contribution in [0.3, 0.4) is 0 Å². The summed E-state index contributed by atoms with van der Waals surface area (Å²) in [4.78, 5) is 20.5. The molecule has 0 saturated carbocycles. The van der Waals surface area contributed by atoms with Gasteiger partial charge in [-0.2, -0.15) is 5.10 Å². The Labute approximate surface area is 134 Å². The molecule has 0 aliphatic rings. The molecular formula is C17H17N5O. The number of aromatic nitrogens is 4. The van der Waals surface area contributed by atoms with Gasteiger partial charge in [0.25, 0.3) is 5.91 Å². The van der Waals surface area contributed by atoms with Crippen LogP contribution in [-0.4, -0.2) is 32.6 Å². The third-order valence-electron chi connectivity index (χ3n) is 3.38. The average molecular weight is 307 g/mol. The number of nitrogens with one attached hydrogen (secondary N) is 2. The zero-order chi connectivity index (χ0) is 16.1. The Morgan fingerprint density at radius 2 is 2.00 bits per heavy atom. The smallest absolute Gasteiger partial charge is 0.252 e. The molecule has 0 bridgehead atoms. The van der Waals surface area contributed by atoms with Crippen LogP contribution >= 0.6 is 0 Å². The number of carbonyl (C=O) groups excluding carboxylic acids is 1. The van der Waals surface area contributed by atoms with Crippen molar-refractivity contribution in [3.05, 3.63) is 65.7 Å². The second-order valence-corrected chi connectivity index (χ2v) is 5.17. The molecule has 0 saturated heterocycles. The molecule has 3 aromatic rings. The summed E-state index contributed by atoms with van der Waals surface area (Å²) in [7, 11) is 0. The van der Waals surface area contributed by atoms with Gasteiger partial charge < -0.3 is 5.32 Å². The van der Waals surface area contributed by atoms with Gasteiger partial charge >= 0.3 is 0 Å². The normalized spacial score (nSPS) is 10.5. The van der Waals surface area contributed by atoms with Crippen molar-refractivity contribution in [3.63, 3.8) is 0 Å². The van der Waals surface area contributed by atoms with Gasteiger partial charge in [0.2, 0.25) is 0 Å². The first-order valence-corrected chi connectivity index (χ1v) is 7.40. The van der Waals surface area contributed by atoms with Crippen LogP contribution in [0.5, 0.6) is 0 Å². The highest BCUT2D eigenvalue weighted by atomic mass is 16.1. The summed E-state index contributed by atoms with van der Waals surface area (Å²) >= 11 is 0. The van der Waals surface area contributed by atoms with Crippen molar-refractivity contribution in [2.24, 2.45) is 0 Å². The van der Waals surface area contributed by atoms with E-state index in [-0.39, 0.29) is 5.91 Å². The first kappa shape index (κ1) is 14.9. The standard InChI is InChI=1S/C17H17N5O/c1-12-7-8-14(11-19-12)17(23)18-10-9-15-20-16(22-21-15)13-5-3-2-4-6-13/h2-8,11H,9-10H2,1H3,(H,18,23)(H,20,21,22). The van der Waals surface area contributed by atoms with Gasteiger partial charge in [-0.25, -0.2) is 4.98 Å². The van der Waals surface area contributed by atoms with Crippen LogP contribution in [0.4, 0.5) is 0 Å². The van der Waals surface area contributed by atoms with E-state index in [2.05, 4.69) is 25.5 Å². The maximum atomic E-state index is 12.0. The molecule has 0 spiro atoms. The highest BCUT2D eigenvalue weighted by molar-refractivity contribution is 5.93. The van der Waals surface area contributed by atoms with Gasteiger partial charge in [0, 0.05) is 30.4 Å². The minimum Gasteiger partial charge on any atom is -0.352 e. The molecule has 1 aromatic carbocycles. The van der Waals surface area contributed by atoms with E-state index in [9.17, 15) is 4.79 Å². The molecule has 0 aliphatic heterocycles. The van der Waals surface area contributed by atoms with Crippen molar-refractivity contribution < 1.29 is 4.79 Å². The van der Waals surface area contributed by atoms with Crippen molar-refractivity contribution in [1.29, 1.82) is 0 Å². The third-order valence-corrected chi connectivity index (χ3v) is 3.38. The lowest BCUT2D eigenvalue weighted by molar-refractivity contribution is 0.0953. The predicted molar refractivity (Wildman–Crippen MR) is 86.8 cm³/mol. The highest BCUT2D eigenvalue weighted by Gasteiger charge is 2.07. The average Bonchev–Trinajstić information content (AvgIpc) is 3.05. The number of hydrogen-bond acceptors (Lipinski definition) is 4. The topological polar surface area (TPSA) is 83.6 Å². The van der Waals surface area contributed by atoms with Crippen molar-refractivity contribution in [3.8, 4) is 11.4 Å². The van der Waals surface area contributed by atoms with Gasteiger partial charge in [-0.05, 0) is 19.1 Å². The van der Waals surface area contributed by atoms with Crippen LogP contribution in [0.2, 0.25) is 0 Å². The molecule has 0 atom stereocenters. The molecule has 0 fully saturated rings. The quantitative estimate of drug-likeness (QED) is 0.756. The van der Waals surface area contributed by atoms with Crippen LogP contribution in [0.25, 0.3) is 11.4 Å². The minimum atomic E-state index is -0.139. The van der Waals surface area contributed by atoms with E-state index in [1.54, 1.807) is 12.3 Å². The molecular weight excluding hydrogens is 290 g/mol. The lowest BCUT2D eigenvalue weighted by Crippen LogP contribution is -2.26. The summed E-state index contributed by atoms with van der Waals surface area (Å²) in [6.45, 7) is 2.37. The lowest BCUT2D eigenvalue weighted by atomic mass is 10.2. The molecule has 2 aromatic heterocycles. The Balaban J connectivity index is 1.54. The van der Waals surface area contributed by atoms with Crippen molar-refractivity contribution in [1.82, 2.24) is 25.5 Å². The largest absolute Gasteiger partial charge is 0.352 e. The van der Waals surface area contributed by atoms with Gasteiger partial charge in [-0.3, -0.25) is 14.9 Å². The van der Waals surface area contributed by atoms with Gasteiger partial charge in [-0.15, -0.1) is 0 Å². The number of H-pyrrole nitrogens is 1. The van der Waals surface area contributed by atoms with E-state index < -0.39 is 0 Å². The predicted octanol–water partition coefficient (Wildman–Crippen LogP) is 2.15. The highest BCUT2D eigenvalue weighted by Crippen LogP contribution is 2.13. The molecule has 0 unspecified atom stereocenters. The number of nitrogens with zero attached hydrogens (tertiary/aromatic N) is 3.